The first-order valence-corrected chi connectivity index (χ1v) is 13.9. The van der Waals surface area contributed by atoms with Crippen molar-refractivity contribution in [1.29, 1.82) is 0 Å². The van der Waals surface area contributed by atoms with E-state index in [4.69, 9.17) is 13.3 Å². The van der Waals surface area contributed by atoms with Crippen LogP contribution < -0.4 is 5.32 Å². The molecule has 0 radical (unpaired) electrons. The zero-order valence-electron chi connectivity index (χ0n) is 16.0. The molecule has 0 aromatic rings. The summed E-state index contributed by atoms with van der Waals surface area (Å²) in [7, 11) is 1.38. The largest absolute Gasteiger partial charge is 0.500 e. The summed E-state index contributed by atoms with van der Waals surface area (Å²) in [6, 6.07) is 0.854. The molecule has 7 heteroatoms. The minimum atomic E-state index is -2.42. The fourth-order valence-corrected chi connectivity index (χ4v) is 5.81. The maximum Gasteiger partial charge on any atom is 0.500 e. The van der Waals surface area contributed by atoms with E-state index in [2.05, 4.69) is 43.7 Å². The summed E-state index contributed by atoms with van der Waals surface area (Å²) in [4.78, 5) is 2.51. The van der Waals surface area contributed by atoms with E-state index >= 15 is 0 Å². The Labute approximate surface area is 140 Å². The Kier molecular flexibility index (Phi) is 11.0. The van der Waals surface area contributed by atoms with E-state index < -0.39 is 16.9 Å². The van der Waals surface area contributed by atoms with Crippen LogP contribution in [0, 0.1) is 0 Å². The highest BCUT2D eigenvalue weighted by atomic mass is 28.4. The zero-order chi connectivity index (χ0) is 17.2. The van der Waals surface area contributed by atoms with Gasteiger partial charge in [0.1, 0.15) is 0 Å². The van der Waals surface area contributed by atoms with Crippen molar-refractivity contribution >= 4 is 16.9 Å². The molecule has 0 aromatic heterocycles. The quantitative estimate of drug-likeness (QED) is 0.408. The van der Waals surface area contributed by atoms with Gasteiger partial charge in [-0.25, -0.2) is 0 Å². The third-order valence-corrected chi connectivity index (χ3v) is 9.67. The lowest BCUT2D eigenvalue weighted by atomic mass is 10.4. The molecule has 0 amide bonds. The van der Waals surface area contributed by atoms with Crippen molar-refractivity contribution in [2.45, 2.75) is 51.6 Å². The van der Waals surface area contributed by atoms with Crippen LogP contribution in [0.1, 0.15) is 20.3 Å². The maximum absolute atomic E-state index is 5.48. The summed E-state index contributed by atoms with van der Waals surface area (Å²) in [6.07, 6.45) is 1.01. The van der Waals surface area contributed by atoms with Gasteiger partial charge in [-0.15, -0.1) is 0 Å². The molecule has 0 aliphatic heterocycles. The molecule has 0 aliphatic carbocycles. The molecule has 0 rings (SSSR count). The molecular formula is C15H38N2O3Si2. The highest BCUT2D eigenvalue weighted by molar-refractivity contribution is 6.77. The molecule has 0 aliphatic rings. The molecule has 0 heterocycles. The SMILES string of the molecule is CCN(CC)CC(NCCC[Si](OC)(OC)OC)[Si](C)(C)C. The molecule has 1 unspecified atom stereocenters. The number of hydrogen-bond donors (Lipinski definition) is 1. The predicted octanol–water partition coefficient (Wildman–Crippen LogP) is 2.43. The molecule has 0 saturated heterocycles. The first kappa shape index (κ1) is 22.2. The fourth-order valence-electron chi connectivity index (χ4n) is 2.52. The average Bonchev–Trinajstić information content (AvgIpc) is 2.50. The maximum atomic E-state index is 5.48. The fraction of sp³-hybridized carbons (Fsp3) is 1.00. The summed E-state index contributed by atoms with van der Waals surface area (Å²) in [5, 5.41) is 3.78. The standard InChI is InChI=1S/C15H38N2O3Si2/c1-9-17(10-2)14-15(21(6,7)8)16-12-11-13-22(18-3,19-4)20-5/h15-16H,9-14H2,1-8H3. The van der Waals surface area contributed by atoms with Gasteiger partial charge in [-0.3, -0.25) is 0 Å². The minimum absolute atomic E-state index is 0.608. The molecule has 134 valence electrons. The summed E-state index contributed by atoms with van der Waals surface area (Å²) in [5.41, 5.74) is 0.608. The van der Waals surface area contributed by atoms with E-state index in [1.54, 1.807) is 21.3 Å². The first-order chi connectivity index (χ1) is 10.3. The van der Waals surface area contributed by atoms with E-state index in [0.29, 0.717) is 5.67 Å². The second-order valence-electron chi connectivity index (χ2n) is 6.76. The van der Waals surface area contributed by atoms with Crippen molar-refractivity contribution in [3.63, 3.8) is 0 Å². The first-order valence-electron chi connectivity index (χ1n) is 8.39. The summed E-state index contributed by atoms with van der Waals surface area (Å²) >= 11 is 0. The number of nitrogens with zero attached hydrogens (tertiary/aromatic N) is 1. The smallest absolute Gasteiger partial charge is 0.377 e. The van der Waals surface area contributed by atoms with Crippen LogP contribution in [0.25, 0.3) is 0 Å². The molecule has 22 heavy (non-hydrogen) atoms. The van der Waals surface area contributed by atoms with Crippen molar-refractivity contribution in [2.24, 2.45) is 0 Å². The second kappa shape index (κ2) is 10.9. The molecule has 1 atom stereocenters. The van der Waals surface area contributed by atoms with Gasteiger partial charge in [0.15, 0.2) is 0 Å². The third kappa shape index (κ3) is 7.67. The van der Waals surface area contributed by atoms with Crippen molar-refractivity contribution < 1.29 is 13.3 Å². The van der Waals surface area contributed by atoms with Crippen molar-refractivity contribution in [1.82, 2.24) is 10.2 Å². The molecule has 5 nitrogen and oxygen atoms in total. The highest BCUT2D eigenvalue weighted by Gasteiger charge is 2.37. The lowest BCUT2D eigenvalue weighted by Crippen LogP contribution is -2.55. The average molecular weight is 351 g/mol. The summed E-state index contributed by atoms with van der Waals surface area (Å²) in [5.74, 6) is 0. The van der Waals surface area contributed by atoms with Gasteiger partial charge in [-0.1, -0.05) is 33.5 Å². The van der Waals surface area contributed by atoms with Crippen LogP contribution in [0.2, 0.25) is 25.7 Å². The van der Waals surface area contributed by atoms with Gasteiger partial charge in [0.25, 0.3) is 0 Å². The Hall–Kier alpha value is 0.234. The van der Waals surface area contributed by atoms with Gasteiger partial charge >= 0.3 is 8.80 Å². The van der Waals surface area contributed by atoms with Gasteiger partial charge in [0, 0.05) is 39.6 Å². The van der Waals surface area contributed by atoms with Crippen LogP contribution in [0.15, 0.2) is 0 Å². The third-order valence-electron chi connectivity index (χ3n) is 4.36. The molecule has 0 aromatic carbocycles. The minimum Gasteiger partial charge on any atom is -0.377 e. The lowest BCUT2D eigenvalue weighted by molar-refractivity contribution is 0.123. The lowest BCUT2D eigenvalue weighted by Gasteiger charge is -2.34. The van der Waals surface area contributed by atoms with Crippen LogP contribution in [-0.2, 0) is 13.3 Å². The number of rotatable bonds is 13. The molecule has 0 fully saturated rings. The van der Waals surface area contributed by atoms with Crippen LogP contribution in [0.5, 0.6) is 0 Å². The van der Waals surface area contributed by atoms with Crippen LogP contribution in [0.3, 0.4) is 0 Å². The summed E-state index contributed by atoms with van der Waals surface area (Å²) in [6.45, 7) is 16.1. The Morgan fingerprint density at radius 2 is 1.45 bits per heavy atom. The summed E-state index contributed by atoms with van der Waals surface area (Å²) < 4.78 is 16.4. The van der Waals surface area contributed by atoms with E-state index in [0.717, 1.165) is 38.6 Å². The Morgan fingerprint density at radius 1 is 0.955 bits per heavy atom. The van der Waals surface area contributed by atoms with Crippen LogP contribution >= 0.6 is 0 Å². The van der Waals surface area contributed by atoms with E-state index in [1.165, 1.54) is 0 Å². The Bertz CT molecular complexity index is 272. The van der Waals surface area contributed by atoms with Gasteiger partial charge in [-0.2, -0.15) is 0 Å². The number of nitrogens with one attached hydrogen (secondary N) is 1. The van der Waals surface area contributed by atoms with E-state index in [9.17, 15) is 0 Å². The zero-order valence-corrected chi connectivity index (χ0v) is 18.0. The van der Waals surface area contributed by atoms with Gasteiger partial charge < -0.3 is 23.5 Å². The number of hydrogen-bond acceptors (Lipinski definition) is 5. The van der Waals surface area contributed by atoms with E-state index in [1.807, 2.05) is 0 Å². The van der Waals surface area contributed by atoms with Crippen molar-refractivity contribution in [3.8, 4) is 0 Å². The monoisotopic (exact) mass is 350 g/mol. The van der Waals surface area contributed by atoms with E-state index in [-0.39, 0.29) is 0 Å². The predicted molar refractivity (Wildman–Crippen MR) is 99.1 cm³/mol. The highest BCUT2D eigenvalue weighted by Crippen LogP contribution is 2.15. The normalized spacial score (nSPS) is 14.6. The van der Waals surface area contributed by atoms with Crippen molar-refractivity contribution in [2.75, 3.05) is 47.5 Å². The van der Waals surface area contributed by atoms with Crippen molar-refractivity contribution in [3.05, 3.63) is 0 Å². The van der Waals surface area contributed by atoms with Crippen LogP contribution in [-0.4, -0.2) is 75.0 Å². The molecule has 0 spiro atoms. The molecule has 0 saturated carbocycles. The number of likely N-dealkylation sites (N-methyl/N-ethyl adjacent to an activating group) is 1. The molecule has 1 N–H and O–H groups in total. The molecule has 0 bridgehead atoms. The second-order valence-corrected chi connectivity index (χ2v) is 15.3. The van der Waals surface area contributed by atoms with Gasteiger partial charge in [0.05, 0.1) is 8.07 Å². The van der Waals surface area contributed by atoms with Gasteiger partial charge in [-0.05, 0) is 26.1 Å². The Balaban J connectivity index is 4.41. The topological polar surface area (TPSA) is 43.0 Å². The Morgan fingerprint density at radius 3 is 1.82 bits per heavy atom. The molecular weight excluding hydrogens is 312 g/mol. The van der Waals surface area contributed by atoms with Crippen LogP contribution in [0.4, 0.5) is 0 Å². The van der Waals surface area contributed by atoms with Gasteiger partial charge in [0.2, 0.25) is 0 Å².